The molecule has 1 aromatic rings. The van der Waals surface area contributed by atoms with Gasteiger partial charge in [0.1, 0.15) is 0 Å². The zero-order valence-electron chi connectivity index (χ0n) is 9.31. The lowest BCUT2D eigenvalue weighted by molar-refractivity contribution is 0.0472. The number of nitrogens with one attached hydrogen (secondary N) is 1. The van der Waals surface area contributed by atoms with Crippen LogP contribution in [0, 0.1) is 6.92 Å². The van der Waals surface area contributed by atoms with E-state index in [1.165, 1.54) is 0 Å². The van der Waals surface area contributed by atoms with E-state index in [1.807, 2.05) is 18.7 Å². The van der Waals surface area contributed by atoms with Crippen molar-refractivity contribution in [1.82, 2.24) is 10.4 Å². The van der Waals surface area contributed by atoms with E-state index in [-0.39, 0.29) is 12.1 Å². The summed E-state index contributed by atoms with van der Waals surface area (Å²) >= 11 is 3.61. The molecule has 2 heterocycles. The summed E-state index contributed by atoms with van der Waals surface area (Å²) in [4.78, 5) is 4.45. The minimum Gasteiger partial charge on any atom is -0.375 e. The molecule has 0 spiro atoms. The highest BCUT2D eigenvalue weighted by atomic mass is 32.2. The average molecular weight is 259 g/mol. The van der Waals surface area contributed by atoms with E-state index < -0.39 is 0 Å². The first-order valence-corrected chi connectivity index (χ1v) is 7.39. The molecule has 0 amide bonds. The van der Waals surface area contributed by atoms with Crippen molar-refractivity contribution in [1.29, 1.82) is 0 Å². The van der Waals surface area contributed by atoms with Gasteiger partial charge in [0, 0.05) is 29.0 Å². The van der Waals surface area contributed by atoms with Crippen molar-refractivity contribution in [2.45, 2.75) is 25.5 Å². The molecule has 16 heavy (non-hydrogen) atoms. The van der Waals surface area contributed by atoms with Crippen LogP contribution in [0.5, 0.6) is 0 Å². The van der Waals surface area contributed by atoms with E-state index in [9.17, 15) is 0 Å². The van der Waals surface area contributed by atoms with Crippen LogP contribution in [0.2, 0.25) is 0 Å². The second kappa shape index (κ2) is 5.97. The molecule has 2 atom stereocenters. The van der Waals surface area contributed by atoms with Crippen molar-refractivity contribution in [3.05, 3.63) is 16.1 Å². The van der Waals surface area contributed by atoms with Crippen molar-refractivity contribution in [3.63, 3.8) is 0 Å². The maximum atomic E-state index is 5.72. The molecule has 0 saturated carbocycles. The topological polar surface area (TPSA) is 60.2 Å². The number of aryl methyl sites for hydroxylation is 1. The van der Waals surface area contributed by atoms with Gasteiger partial charge < -0.3 is 4.74 Å². The fourth-order valence-electron chi connectivity index (χ4n) is 1.72. The normalized spacial score (nSPS) is 23.2. The molecular weight excluding hydrogens is 242 g/mol. The summed E-state index contributed by atoms with van der Waals surface area (Å²) in [7, 11) is 0. The summed E-state index contributed by atoms with van der Waals surface area (Å²) in [6.07, 6.45) is 1.05. The van der Waals surface area contributed by atoms with Crippen LogP contribution in [0.1, 0.15) is 10.7 Å². The minimum absolute atomic E-state index is 0.165. The molecule has 0 radical (unpaired) electrons. The fraction of sp³-hybridized carbons (Fsp3) is 0.700. The number of aromatic nitrogens is 1. The number of thioether (sulfide) groups is 1. The Morgan fingerprint density at radius 2 is 2.62 bits per heavy atom. The predicted molar refractivity (Wildman–Crippen MR) is 68.7 cm³/mol. The Bertz CT molecular complexity index is 326. The summed E-state index contributed by atoms with van der Waals surface area (Å²) < 4.78 is 5.72. The maximum absolute atomic E-state index is 5.72. The van der Waals surface area contributed by atoms with E-state index in [4.69, 9.17) is 10.6 Å². The van der Waals surface area contributed by atoms with Gasteiger partial charge in [-0.1, -0.05) is 0 Å². The van der Waals surface area contributed by atoms with Crippen LogP contribution < -0.4 is 11.3 Å². The zero-order valence-corrected chi connectivity index (χ0v) is 10.9. The van der Waals surface area contributed by atoms with Crippen molar-refractivity contribution in [3.8, 4) is 0 Å². The predicted octanol–water partition coefficient (Wildman–Crippen LogP) is 0.958. The lowest BCUT2D eigenvalue weighted by Crippen LogP contribution is -2.49. The molecular formula is C10H17N3OS2. The number of hydrogen-bond acceptors (Lipinski definition) is 6. The van der Waals surface area contributed by atoms with Crippen molar-refractivity contribution >= 4 is 23.1 Å². The Labute approximate surface area is 104 Å². The molecule has 1 aromatic heterocycles. The number of nitrogens with two attached hydrogens (primary N) is 1. The Morgan fingerprint density at radius 3 is 3.19 bits per heavy atom. The van der Waals surface area contributed by atoms with Gasteiger partial charge in [-0.25, -0.2) is 4.98 Å². The lowest BCUT2D eigenvalue weighted by Gasteiger charge is -2.29. The second-order valence-corrected chi connectivity index (χ2v) is 5.94. The first-order chi connectivity index (χ1) is 7.79. The number of thiazole rings is 1. The van der Waals surface area contributed by atoms with Gasteiger partial charge in [0.2, 0.25) is 0 Å². The number of ether oxygens (including phenoxy) is 1. The second-order valence-electron chi connectivity index (χ2n) is 3.84. The van der Waals surface area contributed by atoms with Crippen LogP contribution in [0.15, 0.2) is 5.38 Å². The lowest BCUT2D eigenvalue weighted by atomic mass is 10.1. The Morgan fingerprint density at radius 1 is 1.75 bits per heavy atom. The molecule has 2 rings (SSSR count). The van der Waals surface area contributed by atoms with E-state index in [2.05, 4.69) is 15.8 Å². The van der Waals surface area contributed by atoms with E-state index in [0.29, 0.717) is 0 Å². The highest BCUT2D eigenvalue weighted by molar-refractivity contribution is 7.99. The van der Waals surface area contributed by atoms with Gasteiger partial charge in [0.15, 0.2) is 0 Å². The Hall–Kier alpha value is -0.140. The van der Waals surface area contributed by atoms with Gasteiger partial charge in [-0.3, -0.25) is 11.3 Å². The highest BCUT2D eigenvalue weighted by Crippen LogP contribution is 2.19. The smallest absolute Gasteiger partial charge is 0.0945 e. The maximum Gasteiger partial charge on any atom is 0.0945 e. The minimum atomic E-state index is 0.165. The monoisotopic (exact) mass is 259 g/mol. The molecule has 0 aromatic carbocycles. The molecule has 1 aliphatic heterocycles. The zero-order chi connectivity index (χ0) is 11.4. The molecule has 0 bridgehead atoms. The summed E-state index contributed by atoms with van der Waals surface area (Å²) in [5.41, 5.74) is 3.94. The highest BCUT2D eigenvalue weighted by Gasteiger charge is 2.24. The molecule has 1 aliphatic rings. The fourth-order valence-corrected chi connectivity index (χ4v) is 3.49. The molecule has 1 fully saturated rings. The number of rotatable bonds is 4. The van der Waals surface area contributed by atoms with Crippen molar-refractivity contribution in [2.75, 3.05) is 18.1 Å². The molecule has 1 saturated heterocycles. The standard InChI is InChI=1S/C10H17N3OS2/c1-7-5-16-10(12-7)4-8(13-11)9-6-15-3-2-14-9/h5,8-9,13H,2-4,6,11H2,1H3. The van der Waals surface area contributed by atoms with Crippen LogP contribution in [0.3, 0.4) is 0 Å². The quantitative estimate of drug-likeness (QED) is 0.623. The molecule has 90 valence electrons. The molecule has 4 nitrogen and oxygen atoms in total. The van der Waals surface area contributed by atoms with Crippen molar-refractivity contribution < 1.29 is 4.74 Å². The van der Waals surface area contributed by atoms with Crippen LogP contribution >= 0.6 is 23.1 Å². The average Bonchev–Trinajstić information content (AvgIpc) is 2.73. The third-order valence-corrected chi connectivity index (χ3v) is 4.57. The third-order valence-electron chi connectivity index (χ3n) is 2.57. The van der Waals surface area contributed by atoms with Crippen molar-refractivity contribution in [2.24, 2.45) is 5.84 Å². The summed E-state index contributed by atoms with van der Waals surface area (Å²) in [5.74, 6) is 7.70. The van der Waals surface area contributed by atoms with Crippen LogP contribution in [-0.2, 0) is 11.2 Å². The number of hydrogen-bond donors (Lipinski definition) is 2. The van der Waals surface area contributed by atoms with E-state index in [1.54, 1.807) is 11.3 Å². The summed E-state index contributed by atoms with van der Waals surface area (Å²) in [6, 6.07) is 0.165. The summed E-state index contributed by atoms with van der Waals surface area (Å²) in [6.45, 7) is 2.84. The van der Waals surface area contributed by atoms with Gasteiger partial charge in [-0.05, 0) is 6.92 Å². The van der Waals surface area contributed by atoms with Crippen LogP contribution in [0.25, 0.3) is 0 Å². The number of nitrogens with zero attached hydrogens (tertiary/aromatic N) is 1. The number of hydrazine groups is 1. The van der Waals surface area contributed by atoms with Gasteiger partial charge in [0.25, 0.3) is 0 Å². The van der Waals surface area contributed by atoms with Gasteiger partial charge in [-0.15, -0.1) is 11.3 Å². The first-order valence-electron chi connectivity index (χ1n) is 5.36. The van der Waals surface area contributed by atoms with E-state index >= 15 is 0 Å². The molecule has 2 unspecified atom stereocenters. The Balaban J connectivity index is 1.94. The third kappa shape index (κ3) is 3.18. The molecule has 6 heteroatoms. The first kappa shape index (κ1) is 12.3. The summed E-state index contributed by atoms with van der Waals surface area (Å²) in [5, 5.41) is 3.19. The SMILES string of the molecule is Cc1csc(CC(NN)C2CSCCO2)n1. The largest absolute Gasteiger partial charge is 0.375 e. The Kier molecular flexibility index (Phi) is 4.60. The van der Waals surface area contributed by atoms with Crippen LogP contribution in [-0.4, -0.2) is 35.2 Å². The van der Waals surface area contributed by atoms with Gasteiger partial charge in [0.05, 0.1) is 23.8 Å². The van der Waals surface area contributed by atoms with Crippen LogP contribution in [0.4, 0.5) is 0 Å². The van der Waals surface area contributed by atoms with Gasteiger partial charge in [-0.2, -0.15) is 11.8 Å². The molecule has 0 aliphatic carbocycles. The van der Waals surface area contributed by atoms with E-state index in [0.717, 1.165) is 35.2 Å². The molecule has 3 N–H and O–H groups in total. The van der Waals surface area contributed by atoms with Gasteiger partial charge >= 0.3 is 0 Å².